The molecular formula is C18H25N2NaO5S. The summed E-state index contributed by atoms with van der Waals surface area (Å²) in [5.74, 6) is -2.38. The molecule has 1 N–H and O–H groups in total. The minimum Gasteiger partial charge on any atom is -0.543 e. The molecule has 2 amide bonds. The number of likely N-dealkylation sites (tertiary alicyclic amines) is 1. The van der Waals surface area contributed by atoms with Crippen LogP contribution in [-0.4, -0.2) is 63.2 Å². The number of aliphatic carboxylic acids is 1. The Morgan fingerprint density at radius 2 is 1.85 bits per heavy atom. The summed E-state index contributed by atoms with van der Waals surface area (Å²) in [6.45, 7) is 10.2. The van der Waals surface area contributed by atoms with Gasteiger partial charge in [0.1, 0.15) is 0 Å². The molecule has 4 atom stereocenters. The summed E-state index contributed by atoms with van der Waals surface area (Å²) in [6, 6.07) is -0.328. The number of β-lactam (4-membered cyclic amide) rings is 1. The first-order valence-electron chi connectivity index (χ1n) is 8.87. The van der Waals surface area contributed by atoms with E-state index in [1.807, 2.05) is 27.7 Å². The fourth-order valence-corrected chi connectivity index (χ4v) is 5.52. The van der Waals surface area contributed by atoms with Gasteiger partial charge in [0.25, 0.3) is 0 Å². The summed E-state index contributed by atoms with van der Waals surface area (Å²) in [5, 5.41) is 21.6. The molecule has 27 heavy (non-hydrogen) atoms. The van der Waals surface area contributed by atoms with Crippen molar-refractivity contribution in [2.24, 2.45) is 17.3 Å². The van der Waals surface area contributed by atoms with Crippen molar-refractivity contribution in [1.82, 2.24) is 9.80 Å². The number of carboxylic acid groups (broad SMARTS) is 1. The van der Waals surface area contributed by atoms with Crippen molar-refractivity contribution in [1.29, 1.82) is 0 Å². The van der Waals surface area contributed by atoms with E-state index >= 15 is 0 Å². The largest absolute Gasteiger partial charge is 1.00 e. The van der Waals surface area contributed by atoms with Gasteiger partial charge in [0.15, 0.2) is 0 Å². The van der Waals surface area contributed by atoms with E-state index in [4.69, 9.17) is 0 Å². The molecule has 0 aromatic heterocycles. The smallest absolute Gasteiger partial charge is 0.543 e. The third-order valence-electron chi connectivity index (χ3n) is 5.37. The number of rotatable bonds is 4. The molecule has 7 nitrogen and oxygen atoms in total. The van der Waals surface area contributed by atoms with Crippen LogP contribution in [0.5, 0.6) is 0 Å². The third-order valence-corrected chi connectivity index (χ3v) is 6.82. The third kappa shape index (κ3) is 3.71. The number of carboxylic acids is 1. The molecule has 9 heteroatoms. The molecule has 0 aromatic carbocycles. The number of nitrogens with zero attached hydrogens (tertiary/aromatic N) is 2. The molecule has 0 aromatic rings. The number of aliphatic hydroxyl groups is 1. The van der Waals surface area contributed by atoms with Crippen molar-refractivity contribution in [2.45, 2.75) is 52.0 Å². The van der Waals surface area contributed by atoms with Crippen LogP contribution in [0.25, 0.3) is 0 Å². The fraction of sp³-hybridized carbons (Fsp3) is 0.722. The van der Waals surface area contributed by atoms with Crippen LogP contribution in [-0.2, 0) is 14.4 Å². The van der Waals surface area contributed by atoms with E-state index < -0.39 is 23.4 Å². The van der Waals surface area contributed by atoms with Crippen molar-refractivity contribution in [2.75, 3.05) is 13.1 Å². The van der Waals surface area contributed by atoms with Gasteiger partial charge in [-0.2, -0.15) is 0 Å². The van der Waals surface area contributed by atoms with Gasteiger partial charge in [0.2, 0.25) is 11.8 Å². The van der Waals surface area contributed by atoms with Crippen LogP contribution in [0.1, 0.15) is 34.6 Å². The first-order chi connectivity index (χ1) is 11.9. The van der Waals surface area contributed by atoms with Gasteiger partial charge in [0, 0.05) is 34.6 Å². The summed E-state index contributed by atoms with van der Waals surface area (Å²) < 4.78 is 0. The maximum atomic E-state index is 12.3. The van der Waals surface area contributed by atoms with Gasteiger partial charge in [-0.15, -0.1) is 11.8 Å². The number of amides is 2. The van der Waals surface area contributed by atoms with E-state index in [1.54, 1.807) is 11.8 Å². The van der Waals surface area contributed by atoms with Crippen LogP contribution >= 0.6 is 11.8 Å². The van der Waals surface area contributed by atoms with Crippen molar-refractivity contribution in [3.8, 4) is 0 Å². The Balaban J connectivity index is 0.00000261. The maximum Gasteiger partial charge on any atom is 1.00 e. The number of thioether (sulfide) groups is 1. The Bertz CT molecular complexity index is 696. The molecule has 3 aliphatic heterocycles. The van der Waals surface area contributed by atoms with Gasteiger partial charge in [-0.3, -0.25) is 9.59 Å². The zero-order valence-electron chi connectivity index (χ0n) is 16.7. The number of hydrogen-bond donors (Lipinski definition) is 1. The molecule has 3 heterocycles. The molecule has 3 aliphatic rings. The summed E-state index contributed by atoms with van der Waals surface area (Å²) in [4.78, 5) is 39.9. The predicted octanol–water partition coefficient (Wildman–Crippen LogP) is -3.20. The SMILES string of the molecule is CC1C(SC2CN(C(=O)C(C)(C)C)C2)=C(C(=O)[O-])N2C(=O)C([C@@H](C)O)C12.[Na+]. The first kappa shape index (κ1) is 22.7. The first-order valence-corrected chi connectivity index (χ1v) is 9.75. The number of carbonyl (C=O) groups excluding carboxylic acids is 3. The number of aliphatic hydroxyl groups excluding tert-OH is 1. The van der Waals surface area contributed by atoms with Crippen molar-refractivity contribution in [3.05, 3.63) is 10.6 Å². The molecular weight excluding hydrogens is 379 g/mol. The number of hydrogen-bond acceptors (Lipinski definition) is 6. The van der Waals surface area contributed by atoms with Crippen molar-refractivity contribution < 1.29 is 54.2 Å². The molecule has 3 rings (SSSR count). The van der Waals surface area contributed by atoms with E-state index in [0.717, 1.165) is 0 Å². The molecule has 0 radical (unpaired) electrons. The van der Waals surface area contributed by atoms with Crippen LogP contribution in [0.3, 0.4) is 0 Å². The van der Waals surface area contributed by atoms with E-state index in [9.17, 15) is 24.6 Å². The standard InChI is InChI=1S/C18H26N2O5S.Na/c1-8-12-11(9(2)21)15(22)20(12)13(16(23)24)14(8)26-10-6-19(7-10)17(25)18(3,4)5;/h8-12,21H,6-7H2,1-5H3,(H,23,24);/q;+1/p-1/t8?,9-,11?,12?;/m1./s1. The molecule has 2 saturated heterocycles. The van der Waals surface area contributed by atoms with Crippen molar-refractivity contribution in [3.63, 3.8) is 0 Å². The normalized spacial score (nSPS) is 29.0. The minimum absolute atomic E-state index is 0. The summed E-state index contributed by atoms with van der Waals surface area (Å²) in [5.41, 5.74) is -0.497. The van der Waals surface area contributed by atoms with Gasteiger partial charge >= 0.3 is 29.6 Å². The maximum absolute atomic E-state index is 12.3. The molecule has 0 spiro atoms. The number of fused-ring (bicyclic) bond motifs is 1. The van der Waals surface area contributed by atoms with E-state index in [2.05, 4.69) is 0 Å². The monoisotopic (exact) mass is 404 g/mol. The zero-order chi connectivity index (χ0) is 19.5. The average Bonchev–Trinajstić information content (AvgIpc) is 2.70. The molecule has 0 bridgehead atoms. The minimum atomic E-state index is -1.36. The summed E-state index contributed by atoms with van der Waals surface area (Å²) >= 11 is 1.42. The second-order valence-corrected chi connectivity index (χ2v) is 9.80. The van der Waals surface area contributed by atoms with E-state index in [0.29, 0.717) is 18.0 Å². The zero-order valence-corrected chi connectivity index (χ0v) is 19.5. The fourth-order valence-electron chi connectivity index (χ4n) is 4.00. The topological polar surface area (TPSA) is 101 Å². The quantitative estimate of drug-likeness (QED) is 0.391. The average molecular weight is 404 g/mol. The van der Waals surface area contributed by atoms with Crippen LogP contribution in [0, 0.1) is 17.3 Å². The van der Waals surface area contributed by atoms with Gasteiger partial charge in [0.05, 0.1) is 29.7 Å². The Hall–Kier alpha value is -0.540. The van der Waals surface area contributed by atoms with Crippen LogP contribution in [0.2, 0.25) is 0 Å². The second kappa shape index (κ2) is 7.71. The Kier molecular flexibility index (Phi) is 6.49. The van der Waals surface area contributed by atoms with Crippen LogP contribution in [0.15, 0.2) is 10.6 Å². The molecule has 3 unspecified atom stereocenters. The van der Waals surface area contributed by atoms with E-state index in [1.165, 1.54) is 16.7 Å². The summed E-state index contributed by atoms with van der Waals surface area (Å²) in [6.07, 6.45) is -0.817. The van der Waals surface area contributed by atoms with Crippen LogP contribution in [0.4, 0.5) is 0 Å². The van der Waals surface area contributed by atoms with Crippen LogP contribution < -0.4 is 34.7 Å². The second-order valence-electron chi connectivity index (χ2n) is 8.45. The summed E-state index contributed by atoms with van der Waals surface area (Å²) in [7, 11) is 0. The van der Waals surface area contributed by atoms with Gasteiger partial charge < -0.3 is 24.8 Å². The number of carbonyl (C=O) groups is 3. The molecule has 144 valence electrons. The van der Waals surface area contributed by atoms with Gasteiger partial charge in [-0.25, -0.2) is 0 Å². The molecule has 0 aliphatic carbocycles. The molecule has 2 fully saturated rings. The Morgan fingerprint density at radius 3 is 2.30 bits per heavy atom. The van der Waals surface area contributed by atoms with Crippen molar-refractivity contribution >= 4 is 29.5 Å². The predicted molar refractivity (Wildman–Crippen MR) is 94.4 cm³/mol. The van der Waals surface area contributed by atoms with Gasteiger partial charge in [-0.05, 0) is 6.92 Å². The van der Waals surface area contributed by atoms with Gasteiger partial charge in [-0.1, -0.05) is 27.7 Å². The Labute approximate surface area is 185 Å². The Morgan fingerprint density at radius 1 is 1.30 bits per heavy atom. The molecule has 0 saturated carbocycles. The van der Waals surface area contributed by atoms with E-state index in [-0.39, 0.29) is 64.3 Å².